The normalized spacial score (nSPS) is 11.2. The smallest absolute Gasteiger partial charge is 0.143 e. The number of benzene rings is 2. The van der Waals surface area contributed by atoms with E-state index in [2.05, 4.69) is 49.4 Å². The molecule has 0 aliphatic rings. The molecule has 3 aromatic rings. The molecular weight excluding hydrogens is 382 g/mol. The molecule has 2 aromatic carbocycles. The highest BCUT2D eigenvalue weighted by Crippen LogP contribution is 2.36. The van der Waals surface area contributed by atoms with Gasteiger partial charge in [0.05, 0.1) is 16.7 Å². The lowest BCUT2D eigenvalue weighted by molar-refractivity contribution is 0.796. The highest BCUT2D eigenvalue weighted by molar-refractivity contribution is 9.11. The van der Waals surface area contributed by atoms with Gasteiger partial charge in [0.2, 0.25) is 0 Å². The Bertz CT molecular complexity index is 793. The number of rotatable bonds is 2. The van der Waals surface area contributed by atoms with E-state index in [1.165, 1.54) is 0 Å². The topological polar surface area (TPSA) is 43.8 Å². The van der Waals surface area contributed by atoms with Gasteiger partial charge in [-0.25, -0.2) is 4.98 Å². The molecule has 0 amide bonds. The van der Waals surface area contributed by atoms with Crippen molar-refractivity contribution in [2.75, 3.05) is 5.73 Å². The van der Waals surface area contributed by atoms with Gasteiger partial charge >= 0.3 is 0 Å². The molecule has 2 N–H and O–H groups in total. The second kappa shape index (κ2) is 5.22. The van der Waals surface area contributed by atoms with E-state index in [1.807, 2.05) is 30.3 Å². The number of fused-ring (bicyclic) bond motifs is 1. The minimum Gasteiger partial charge on any atom is -0.397 e. The third-order valence-corrected chi connectivity index (χ3v) is 4.42. The molecule has 3 nitrogen and oxygen atoms in total. The number of hydrogen-bond acceptors (Lipinski definition) is 2. The third-order valence-electron chi connectivity index (χ3n) is 3.31. The molecule has 0 saturated heterocycles. The van der Waals surface area contributed by atoms with Gasteiger partial charge < -0.3 is 10.3 Å². The molecule has 0 bridgehead atoms. The highest BCUT2D eigenvalue weighted by atomic mass is 79.9. The van der Waals surface area contributed by atoms with E-state index in [4.69, 9.17) is 10.7 Å². The van der Waals surface area contributed by atoms with Gasteiger partial charge in [-0.05, 0) is 47.1 Å². The zero-order valence-corrected chi connectivity index (χ0v) is 14.1. The zero-order valence-electron chi connectivity index (χ0n) is 10.9. The van der Waals surface area contributed by atoms with Crippen molar-refractivity contribution in [3.8, 4) is 11.4 Å². The molecular formula is C15H13Br2N3. The number of halogens is 2. The summed E-state index contributed by atoms with van der Waals surface area (Å²) < 4.78 is 4.03. The molecule has 0 atom stereocenters. The van der Waals surface area contributed by atoms with Gasteiger partial charge in [0.25, 0.3) is 0 Å². The van der Waals surface area contributed by atoms with Crippen molar-refractivity contribution in [3.05, 3.63) is 45.3 Å². The first-order valence-electron chi connectivity index (χ1n) is 6.32. The van der Waals surface area contributed by atoms with Crippen LogP contribution in [0.4, 0.5) is 5.69 Å². The van der Waals surface area contributed by atoms with Gasteiger partial charge in [0.1, 0.15) is 5.82 Å². The first kappa shape index (κ1) is 13.6. The molecule has 0 spiro atoms. The van der Waals surface area contributed by atoms with Gasteiger partial charge in [-0.3, -0.25) is 0 Å². The molecule has 1 aromatic heterocycles. The predicted molar refractivity (Wildman–Crippen MR) is 90.7 cm³/mol. The summed E-state index contributed by atoms with van der Waals surface area (Å²) in [5.41, 5.74) is 9.96. The van der Waals surface area contributed by atoms with E-state index < -0.39 is 0 Å². The molecule has 0 unspecified atom stereocenters. The van der Waals surface area contributed by atoms with Crippen LogP contribution in [0, 0.1) is 0 Å². The second-order valence-corrected chi connectivity index (χ2v) is 6.29. The average molecular weight is 395 g/mol. The summed E-state index contributed by atoms with van der Waals surface area (Å²) in [5, 5.41) is 0. The van der Waals surface area contributed by atoms with Crippen molar-refractivity contribution in [1.82, 2.24) is 9.55 Å². The monoisotopic (exact) mass is 393 g/mol. The Labute approximate surface area is 134 Å². The van der Waals surface area contributed by atoms with Crippen molar-refractivity contribution in [2.45, 2.75) is 13.5 Å². The molecule has 0 fully saturated rings. The molecule has 5 heteroatoms. The number of nitrogens with two attached hydrogens (primary N) is 1. The lowest BCUT2D eigenvalue weighted by Crippen LogP contribution is -2.00. The molecule has 3 rings (SSSR count). The summed E-state index contributed by atoms with van der Waals surface area (Å²) in [6.07, 6.45) is 0. The Balaban J connectivity index is 2.35. The summed E-state index contributed by atoms with van der Waals surface area (Å²) in [6.45, 7) is 2.96. The van der Waals surface area contributed by atoms with Gasteiger partial charge in [-0.2, -0.15) is 0 Å². The standard InChI is InChI=1S/C15H13Br2N3/c1-2-20-13-6-4-3-5-12(13)19-15(20)10-7-9(16)8-11(17)14(10)18/h3-8H,2,18H2,1H3. The van der Waals surface area contributed by atoms with E-state index in [1.54, 1.807) is 0 Å². The maximum atomic E-state index is 6.21. The number of hydrogen-bond donors (Lipinski definition) is 1. The number of imidazole rings is 1. The van der Waals surface area contributed by atoms with E-state index >= 15 is 0 Å². The van der Waals surface area contributed by atoms with Crippen LogP contribution in [0.1, 0.15) is 6.92 Å². The van der Waals surface area contributed by atoms with Gasteiger partial charge in [-0.1, -0.05) is 28.1 Å². The largest absolute Gasteiger partial charge is 0.397 e. The lowest BCUT2D eigenvalue weighted by atomic mass is 10.1. The van der Waals surface area contributed by atoms with Crippen molar-refractivity contribution < 1.29 is 0 Å². The van der Waals surface area contributed by atoms with Crippen molar-refractivity contribution in [2.24, 2.45) is 0 Å². The SMILES string of the molecule is CCn1c(-c2cc(Br)cc(Br)c2N)nc2ccccc21. The number of nitrogen functional groups attached to an aromatic ring is 1. The average Bonchev–Trinajstić information content (AvgIpc) is 2.81. The van der Waals surface area contributed by atoms with Crippen LogP contribution in [0.2, 0.25) is 0 Å². The van der Waals surface area contributed by atoms with Gasteiger partial charge in [0.15, 0.2) is 0 Å². The Morgan fingerprint density at radius 1 is 1.20 bits per heavy atom. The Hall–Kier alpha value is -1.33. The van der Waals surface area contributed by atoms with Crippen LogP contribution in [0.25, 0.3) is 22.4 Å². The fraction of sp³-hybridized carbons (Fsp3) is 0.133. The maximum Gasteiger partial charge on any atom is 0.143 e. The quantitative estimate of drug-likeness (QED) is 0.632. The summed E-state index contributed by atoms with van der Waals surface area (Å²) in [7, 11) is 0. The summed E-state index contributed by atoms with van der Waals surface area (Å²) in [5.74, 6) is 0.896. The zero-order chi connectivity index (χ0) is 14.3. The first-order chi connectivity index (χ1) is 9.61. The van der Waals surface area contributed by atoms with Crippen molar-refractivity contribution >= 4 is 48.6 Å². The molecule has 0 saturated carbocycles. The molecule has 0 aliphatic heterocycles. The molecule has 0 radical (unpaired) electrons. The Kier molecular flexibility index (Phi) is 3.56. The van der Waals surface area contributed by atoms with E-state index in [-0.39, 0.29) is 0 Å². The predicted octanol–water partition coefficient (Wildman–Crippen LogP) is 4.83. The third kappa shape index (κ3) is 2.15. The minimum atomic E-state index is 0.707. The second-order valence-electron chi connectivity index (χ2n) is 4.52. The summed E-state index contributed by atoms with van der Waals surface area (Å²) in [6, 6.07) is 12.1. The summed E-state index contributed by atoms with van der Waals surface area (Å²) >= 11 is 7.00. The van der Waals surface area contributed by atoms with Crippen LogP contribution in [-0.2, 0) is 6.54 Å². The fourth-order valence-electron chi connectivity index (χ4n) is 2.37. The van der Waals surface area contributed by atoms with Crippen LogP contribution in [0.3, 0.4) is 0 Å². The minimum absolute atomic E-state index is 0.707. The van der Waals surface area contributed by atoms with E-state index in [9.17, 15) is 0 Å². The number of nitrogens with zero attached hydrogens (tertiary/aromatic N) is 2. The van der Waals surface area contributed by atoms with Gasteiger partial charge in [-0.15, -0.1) is 0 Å². The van der Waals surface area contributed by atoms with Crippen LogP contribution in [-0.4, -0.2) is 9.55 Å². The fourth-order valence-corrected chi connectivity index (χ4v) is 3.60. The van der Waals surface area contributed by atoms with Crippen LogP contribution in [0.5, 0.6) is 0 Å². The molecule has 20 heavy (non-hydrogen) atoms. The van der Waals surface area contributed by atoms with Crippen molar-refractivity contribution in [1.29, 1.82) is 0 Å². The van der Waals surface area contributed by atoms with Crippen LogP contribution >= 0.6 is 31.9 Å². The number of aryl methyl sites for hydroxylation is 1. The number of anilines is 1. The van der Waals surface area contributed by atoms with Crippen LogP contribution in [0.15, 0.2) is 45.3 Å². The Morgan fingerprint density at radius 2 is 1.95 bits per heavy atom. The van der Waals surface area contributed by atoms with Crippen LogP contribution < -0.4 is 5.73 Å². The maximum absolute atomic E-state index is 6.21. The molecule has 102 valence electrons. The number of aromatic nitrogens is 2. The molecule has 1 heterocycles. The first-order valence-corrected chi connectivity index (χ1v) is 7.90. The van der Waals surface area contributed by atoms with Crippen molar-refractivity contribution in [3.63, 3.8) is 0 Å². The highest BCUT2D eigenvalue weighted by Gasteiger charge is 2.15. The molecule has 0 aliphatic carbocycles. The number of para-hydroxylation sites is 2. The Morgan fingerprint density at radius 3 is 2.70 bits per heavy atom. The van der Waals surface area contributed by atoms with E-state index in [0.29, 0.717) is 5.69 Å². The lowest BCUT2D eigenvalue weighted by Gasteiger charge is -2.10. The van der Waals surface area contributed by atoms with E-state index in [0.717, 1.165) is 37.9 Å². The van der Waals surface area contributed by atoms with Gasteiger partial charge in [0, 0.05) is 21.1 Å². The summed E-state index contributed by atoms with van der Waals surface area (Å²) in [4.78, 5) is 4.74.